The number of nitrogens with one attached hydrogen (secondary N) is 1. The molecule has 0 spiro atoms. The average Bonchev–Trinajstić information content (AvgIpc) is 2.79. The number of amides is 1. The summed E-state index contributed by atoms with van der Waals surface area (Å²) in [6.45, 7) is 4.11. The van der Waals surface area contributed by atoms with Crippen molar-refractivity contribution in [3.05, 3.63) is 46.6 Å². The van der Waals surface area contributed by atoms with Gasteiger partial charge in [-0.15, -0.1) is 0 Å². The Balaban J connectivity index is 1.91. The lowest BCUT2D eigenvalue weighted by molar-refractivity contribution is 0.0689. The standard InChI is InChI=1S/C14H15N3O4/c1-8-11(9(2)21-17-8)5-6-15-13(18)10-3-4-12(14(19)20)16-7-10/h3-4,7H,5-6H2,1-2H3,(H,15,18)(H,19,20). The van der Waals surface area contributed by atoms with Gasteiger partial charge < -0.3 is 14.9 Å². The average molecular weight is 289 g/mol. The summed E-state index contributed by atoms with van der Waals surface area (Å²) in [5, 5.41) is 15.3. The van der Waals surface area contributed by atoms with Crippen molar-refractivity contribution in [2.24, 2.45) is 0 Å². The third-order valence-electron chi connectivity index (χ3n) is 3.09. The van der Waals surface area contributed by atoms with Gasteiger partial charge in [0.1, 0.15) is 11.5 Å². The van der Waals surface area contributed by atoms with Crippen molar-refractivity contribution in [2.45, 2.75) is 20.3 Å². The summed E-state index contributed by atoms with van der Waals surface area (Å²) in [6.07, 6.45) is 1.86. The normalized spacial score (nSPS) is 10.4. The summed E-state index contributed by atoms with van der Waals surface area (Å²) in [7, 11) is 0. The quantitative estimate of drug-likeness (QED) is 0.861. The molecule has 0 aliphatic heterocycles. The van der Waals surface area contributed by atoms with Crippen LogP contribution in [0.5, 0.6) is 0 Å². The number of hydrogen-bond acceptors (Lipinski definition) is 5. The van der Waals surface area contributed by atoms with Crippen LogP contribution in [-0.4, -0.2) is 33.7 Å². The summed E-state index contributed by atoms with van der Waals surface area (Å²) in [5.74, 6) is -0.680. The lowest BCUT2D eigenvalue weighted by atomic mass is 10.1. The minimum absolute atomic E-state index is 0.0951. The third kappa shape index (κ3) is 3.44. The molecule has 0 saturated carbocycles. The van der Waals surface area contributed by atoms with E-state index in [4.69, 9.17) is 9.63 Å². The molecule has 7 nitrogen and oxygen atoms in total. The second-order valence-corrected chi connectivity index (χ2v) is 4.55. The van der Waals surface area contributed by atoms with Crippen molar-refractivity contribution >= 4 is 11.9 Å². The van der Waals surface area contributed by atoms with Gasteiger partial charge in [0.15, 0.2) is 0 Å². The van der Waals surface area contributed by atoms with Gasteiger partial charge in [0.05, 0.1) is 11.3 Å². The zero-order chi connectivity index (χ0) is 15.4. The molecule has 0 unspecified atom stereocenters. The predicted octanol–water partition coefficient (Wildman–Crippen LogP) is 1.36. The second-order valence-electron chi connectivity index (χ2n) is 4.55. The number of hydrogen-bond donors (Lipinski definition) is 2. The Morgan fingerprint density at radius 3 is 2.62 bits per heavy atom. The Morgan fingerprint density at radius 2 is 2.10 bits per heavy atom. The van der Waals surface area contributed by atoms with Crippen molar-refractivity contribution in [3.63, 3.8) is 0 Å². The van der Waals surface area contributed by atoms with Gasteiger partial charge in [-0.25, -0.2) is 9.78 Å². The van der Waals surface area contributed by atoms with Crippen LogP contribution in [0.1, 0.15) is 37.9 Å². The smallest absolute Gasteiger partial charge is 0.354 e. The Morgan fingerprint density at radius 1 is 1.33 bits per heavy atom. The van der Waals surface area contributed by atoms with Gasteiger partial charge in [-0.2, -0.15) is 0 Å². The minimum Gasteiger partial charge on any atom is -0.477 e. The van der Waals surface area contributed by atoms with Crippen LogP contribution < -0.4 is 5.32 Å². The lowest BCUT2D eigenvalue weighted by Crippen LogP contribution is -2.26. The first-order valence-corrected chi connectivity index (χ1v) is 6.38. The molecule has 0 atom stereocenters. The molecule has 110 valence electrons. The number of carbonyl (C=O) groups excluding carboxylic acids is 1. The Bertz CT molecular complexity index is 642. The molecule has 2 aromatic heterocycles. The van der Waals surface area contributed by atoms with Crippen LogP contribution in [0.15, 0.2) is 22.9 Å². The third-order valence-corrected chi connectivity index (χ3v) is 3.09. The highest BCUT2D eigenvalue weighted by Crippen LogP contribution is 2.12. The molecular weight excluding hydrogens is 274 g/mol. The molecule has 0 radical (unpaired) electrons. The highest BCUT2D eigenvalue weighted by atomic mass is 16.5. The Hall–Kier alpha value is -2.70. The van der Waals surface area contributed by atoms with Gasteiger partial charge in [-0.3, -0.25) is 4.79 Å². The topological polar surface area (TPSA) is 105 Å². The Labute approximate surface area is 121 Å². The zero-order valence-corrected chi connectivity index (χ0v) is 11.7. The SMILES string of the molecule is Cc1noc(C)c1CCNC(=O)c1ccc(C(=O)O)nc1. The summed E-state index contributed by atoms with van der Waals surface area (Å²) in [5.41, 5.74) is 2.02. The van der Waals surface area contributed by atoms with Gasteiger partial charge in [0, 0.05) is 18.3 Å². The first-order chi connectivity index (χ1) is 9.99. The first kappa shape index (κ1) is 14.7. The van der Waals surface area contributed by atoms with E-state index in [1.165, 1.54) is 18.3 Å². The minimum atomic E-state index is -1.12. The highest BCUT2D eigenvalue weighted by Gasteiger charge is 2.11. The molecule has 21 heavy (non-hydrogen) atoms. The number of carboxylic acids is 1. The maximum absolute atomic E-state index is 11.9. The molecule has 0 bridgehead atoms. The van der Waals surface area contributed by atoms with Crippen molar-refractivity contribution in [1.29, 1.82) is 0 Å². The molecule has 2 aromatic rings. The second kappa shape index (κ2) is 6.17. The van der Waals surface area contributed by atoms with Crippen LogP contribution in [-0.2, 0) is 6.42 Å². The molecule has 0 fully saturated rings. The molecule has 0 saturated heterocycles. The van der Waals surface area contributed by atoms with Crippen LogP contribution in [0.3, 0.4) is 0 Å². The fourth-order valence-electron chi connectivity index (χ4n) is 1.92. The van der Waals surface area contributed by atoms with E-state index in [0.717, 1.165) is 17.0 Å². The molecule has 1 amide bonds. The van der Waals surface area contributed by atoms with Crippen LogP contribution in [0, 0.1) is 13.8 Å². The van der Waals surface area contributed by atoms with E-state index in [1.54, 1.807) is 0 Å². The molecule has 2 N–H and O–H groups in total. The monoisotopic (exact) mass is 289 g/mol. The predicted molar refractivity (Wildman–Crippen MR) is 73.2 cm³/mol. The number of nitrogens with zero attached hydrogens (tertiary/aromatic N) is 2. The fraction of sp³-hybridized carbons (Fsp3) is 0.286. The highest BCUT2D eigenvalue weighted by molar-refractivity contribution is 5.94. The molecule has 7 heteroatoms. The van der Waals surface area contributed by atoms with Gasteiger partial charge in [0.25, 0.3) is 5.91 Å². The summed E-state index contributed by atoms with van der Waals surface area (Å²) >= 11 is 0. The number of rotatable bonds is 5. The number of carbonyl (C=O) groups is 2. The number of aryl methyl sites for hydroxylation is 2. The van der Waals surface area contributed by atoms with Crippen molar-refractivity contribution in [2.75, 3.05) is 6.54 Å². The molecular formula is C14H15N3O4. The fourth-order valence-corrected chi connectivity index (χ4v) is 1.92. The Kier molecular flexibility index (Phi) is 4.32. The molecule has 0 aliphatic rings. The van der Waals surface area contributed by atoms with E-state index in [-0.39, 0.29) is 11.6 Å². The lowest BCUT2D eigenvalue weighted by Gasteiger charge is -2.05. The number of aromatic nitrogens is 2. The van der Waals surface area contributed by atoms with Gasteiger partial charge >= 0.3 is 5.97 Å². The van der Waals surface area contributed by atoms with E-state index in [1.807, 2.05) is 13.8 Å². The number of carboxylic acid groups (broad SMARTS) is 1. The van der Waals surface area contributed by atoms with Gasteiger partial charge in [-0.05, 0) is 32.4 Å². The number of pyridine rings is 1. The van der Waals surface area contributed by atoms with Crippen LogP contribution in [0.4, 0.5) is 0 Å². The van der Waals surface area contributed by atoms with Crippen molar-refractivity contribution in [3.8, 4) is 0 Å². The number of aromatic carboxylic acids is 1. The summed E-state index contributed by atoms with van der Waals surface area (Å²) in [6, 6.07) is 2.73. The van der Waals surface area contributed by atoms with E-state index >= 15 is 0 Å². The maximum atomic E-state index is 11.9. The van der Waals surface area contributed by atoms with Crippen molar-refractivity contribution in [1.82, 2.24) is 15.5 Å². The van der Waals surface area contributed by atoms with E-state index < -0.39 is 5.97 Å². The first-order valence-electron chi connectivity index (χ1n) is 6.38. The zero-order valence-electron chi connectivity index (χ0n) is 11.7. The molecule has 2 heterocycles. The summed E-state index contributed by atoms with van der Waals surface area (Å²) in [4.78, 5) is 26.3. The molecule has 0 aromatic carbocycles. The summed E-state index contributed by atoms with van der Waals surface area (Å²) < 4.78 is 5.04. The van der Waals surface area contributed by atoms with Gasteiger partial charge in [-0.1, -0.05) is 5.16 Å². The molecule has 0 aliphatic carbocycles. The van der Waals surface area contributed by atoms with E-state index in [2.05, 4.69) is 15.5 Å². The largest absolute Gasteiger partial charge is 0.477 e. The van der Waals surface area contributed by atoms with E-state index in [9.17, 15) is 9.59 Å². The van der Waals surface area contributed by atoms with Crippen LogP contribution in [0.2, 0.25) is 0 Å². The maximum Gasteiger partial charge on any atom is 0.354 e. The van der Waals surface area contributed by atoms with E-state index in [0.29, 0.717) is 18.5 Å². The van der Waals surface area contributed by atoms with Gasteiger partial charge in [0.2, 0.25) is 0 Å². The van der Waals surface area contributed by atoms with Crippen LogP contribution >= 0.6 is 0 Å². The molecule has 2 rings (SSSR count). The van der Waals surface area contributed by atoms with Crippen molar-refractivity contribution < 1.29 is 19.2 Å². The van der Waals surface area contributed by atoms with Crippen LogP contribution in [0.25, 0.3) is 0 Å².